The normalized spacial score (nSPS) is 11.4. The van der Waals surface area contributed by atoms with E-state index in [1.165, 1.54) is 89.9 Å². The minimum atomic E-state index is 0. The highest BCUT2D eigenvalue weighted by molar-refractivity contribution is 4.61. The molecule has 0 aliphatic rings. The van der Waals surface area contributed by atoms with E-state index in [1.54, 1.807) is 0 Å². The monoisotopic (exact) mass is 319 g/mol. The summed E-state index contributed by atoms with van der Waals surface area (Å²) in [5, 5.41) is 0. The third kappa shape index (κ3) is 22.7. The van der Waals surface area contributed by atoms with Crippen molar-refractivity contribution in [2.45, 2.75) is 111 Å². The van der Waals surface area contributed by atoms with Crippen LogP contribution in [0.3, 0.4) is 0 Å². The van der Waals surface area contributed by atoms with E-state index in [2.05, 4.69) is 26.5 Å². The molecule has 0 aliphatic heterocycles. The molecule has 0 aromatic carbocycles. The number of hydrogen-bond donors (Lipinski definition) is 1. The van der Waals surface area contributed by atoms with Gasteiger partial charge in [0.15, 0.2) is 0 Å². The van der Waals surface area contributed by atoms with Gasteiger partial charge < -0.3 is 18.1 Å². The Balaban J connectivity index is 0. The van der Waals surface area contributed by atoms with Crippen molar-refractivity contribution in [2.24, 2.45) is 5.41 Å². The summed E-state index contributed by atoms with van der Waals surface area (Å²) in [7, 11) is 0. The predicted molar refractivity (Wildman–Crippen MR) is 91.8 cm³/mol. The highest BCUT2D eigenvalue weighted by Gasteiger charge is 2.08. The molecule has 1 nitrogen and oxygen atoms in total. The summed E-state index contributed by atoms with van der Waals surface area (Å²) < 4.78 is 0. The van der Waals surface area contributed by atoms with Crippen LogP contribution in [0.15, 0.2) is 0 Å². The van der Waals surface area contributed by atoms with Gasteiger partial charge in [-0.05, 0) is 24.7 Å². The molecule has 0 unspecified atom stereocenters. The zero-order chi connectivity index (χ0) is 15.1. The Morgan fingerprint density at radius 2 is 0.810 bits per heavy atom. The molecule has 0 aromatic rings. The van der Waals surface area contributed by atoms with E-state index in [9.17, 15) is 0 Å². The van der Waals surface area contributed by atoms with Crippen LogP contribution in [0.5, 0.6) is 0 Å². The summed E-state index contributed by atoms with van der Waals surface area (Å²) in [4.78, 5) is 0. The Hall–Kier alpha value is 0.250. The molecule has 0 atom stereocenters. The molecule has 0 heterocycles. The first-order valence-electron chi connectivity index (χ1n) is 9.35. The average molecular weight is 320 g/mol. The van der Waals surface area contributed by atoms with E-state index >= 15 is 0 Å². The predicted octanol–water partition coefficient (Wildman–Crippen LogP) is 2.74. The summed E-state index contributed by atoms with van der Waals surface area (Å²) in [6.45, 7) is 8.18. The van der Waals surface area contributed by atoms with Crippen molar-refractivity contribution in [1.29, 1.82) is 0 Å². The van der Waals surface area contributed by atoms with E-state index in [0.29, 0.717) is 5.41 Å². The second-order valence-electron chi connectivity index (χ2n) is 7.76. The quantitative estimate of drug-likeness (QED) is 0.477. The molecule has 0 saturated carbocycles. The number of rotatable bonds is 14. The summed E-state index contributed by atoms with van der Waals surface area (Å²) in [6, 6.07) is 0. The Morgan fingerprint density at radius 1 is 0.524 bits per heavy atom. The van der Waals surface area contributed by atoms with Gasteiger partial charge in [-0.3, -0.25) is 0 Å². The molecule has 3 N–H and O–H groups in total. The van der Waals surface area contributed by atoms with Crippen LogP contribution < -0.4 is 18.1 Å². The molecular formula is C19H42ClN. The van der Waals surface area contributed by atoms with Gasteiger partial charge in [0.2, 0.25) is 0 Å². The third-order valence-corrected chi connectivity index (χ3v) is 4.18. The lowest BCUT2D eigenvalue weighted by Gasteiger charge is -2.17. The van der Waals surface area contributed by atoms with Gasteiger partial charge in [0, 0.05) is 0 Å². The molecule has 0 spiro atoms. The van der Waals surface area contributed by atoms with Gasteiger partial charge in [0.05, 0.1) is 6.54 Å². The topological polar surface area (TPSA) is 27.6 Å². The van der Waals surface area contributed by atoms with Crippen molar-refractivity contribution in [3.05, 3.63) is 0 Å². The van der Waals surface area contributed by atoms with Crippen molar-refractivity contribution in [3.63, 3.8) is 0 Å². The van der Waals surface area contributed by atoms with Gasteiger partial charge in [0.25, 0.3) is 0 Å². The highest BCUT2D eigenvalue weighted by atomic mass is 35.5. The van der Waals surface area contributed by atoms with Crippen molar-refractivity contribution < 1.29 is 18.1 Å². The molecule has 0 aromatic heterocycles. The highest BCUT2D eigenvalue weighted by Crippen LogP contribution is 2.22. The molecular weight excluding hydrogens is 278 g/mol. The summed E-state index contributed by atoms with van der Waals surface area (Å²) in [5.41, 5.74) is 4.43. The lowest BCUT2D eigenvalue weighted by molar-refractivity contribution is -0.368. The van der Waals surface area contributed by atoms with Crippen LogP contribution in [0.4, 0.5) is 0 Å². The molecule has 0 amide bonds. The van der Waals surface area contributed by atoms with Crippen LogP contribution in [0, 0.1) is 5.41 Å². The standard InChI is InChI=1S/C19H41N.ClH/c1-19(2,3)17-15-13-11-9-7-5-4-6-8-10-12-14-16-18-20;/h4-18,20H2,1-3H3;1H. The van der Waals surface area contributed by atoms with E-state index in [0.717, 1.165) is 6.54 Å². The minimum absolute atomic E-state index is 0. The van der Waals surface area contributed by atoms with Crippen molar-refractivity contribution in [2.75, 3.05) is 6.54 Å². The van der Waals surface area contributed by atoms with Crippen molar-refractivity contribution >= 4 is 0 Å². The Labute approximate surface area is 141 Å². The Bertz CT molecular complexity index is 186. The van der Waals surface area contributed by atoms with Crippen molar-refractivity contribution in [1.82, 2.24) is 0 Å². The van der Waals surface area contributed by atoms with E-state index in [4.69, 9.17) is 0 Å². The summed E-state index contributed by atoms with van der Waals surface area (Å²) in [5.74, 6) is 0. The number of quaternary nitrogens is 1. The lowest BCUT2D eigenvalue weighted by Crippen LogP contribution is -3.00. The fraction of sp³-hybridized carbons (Fsp3) is 1.00. The Morgan fingerprint density at radius 3 is 1.10 bits per heavy atom. The van der Waals surface area contributed by atoms with E-state index in [-0.39, 0.29) is 12.4 Å². The second-order valence-corrected chi connectivity index (χ2v) is 7.76. The Kier molecular flexibility index (Phi) is 18.6. The molecule has 0 radical (unpaired) electrons. The molecule has 2 heteroatoms. The van der Waals surface area contributed by atoms with Gasteiger partial charge in [0.1, 0.15) is 0 Å². The van der Waals surface area contributed by atoms with E-state index in [1.807, 2.05) is 0 Å². The molecule has 0 fully saturated rings. The molecule has 0 saturated heterocycles. The van der Waals surface area contributed by atoms with E-state index < -0.39 is 0 Å². The summed E-state index contributed by atoms with van der Waals surface area (Å²) in [6.07, 6.45) is 20.1. The van der Waals surface area contributed by atoms with Crippen LogP contribution in [0.1, 0.15) is 111 Å². The van der Waals surface area contributed by atoms with Gasteiger partial charge in [-0.2, -0.15) is 0 Å². The fourth-order valence-electron chi connectivity index (χ4n) is 2.78. The van der Waals surface area contributed by atoms with Crippen LogP contribution in [-0.4, -0.2) is 6.54 Å². The van der Waals surface area contributed by atoms with Crippen LogP contribution >= 0.6 is 0 Å². The molecule has 130 valence electrons. The van der Waals surface area contributed by atoms with Gasteiger partial charge in [-0.15, -0.1) is 0 Å². The summed E-state index contributed by atoms with van der Waals surface area (Å²) >= 11 is 0. The van der Waals surface area contributed by atoms with Gasteiger partial charge in [-0.1, -0.05) is 91.4 Å². The van der Waals surface area contributed by atoms with Crippen LogP contribution in [-0.2, 0) is 0 Å². The van der Waals surface area contributed by atoms with Crippen molar-refractivity contribution in [3.8, 4) is 0 Å². The smallest absolute Gasteiger partial charge is 0.0739 e. The first-order valence-corrected chi connectivity index (χ1v) is 9.35. The minimum Gasteiger partial charge on any atom is -1.00 e. The maximum atomic E-state index is 3.89. The average Bonchev–Trinajstić information content (AvgIpc) is 2.38. The number of unbranched alkanes of at least 4 members (excludes halogenated alkanes) is 12. The second kappa shape index (κ2) is 16.6. The first-order chi connectivity index (χ1) is 9.56. The fourth-order valence-corrected chi connectivity index (χ4v) is 2.78. The molecule has 0 rings (SSSR count). The number of halogens is 1. The molecule has 21 heavy (non-hydrogen) atoms. The SMILES string of the molecule is CC(C)(C)CCCCCCCCCCCCCCC[NH3+].[Cl-]. The molecule has 0 bridgehead atoms. The zero-order valence-electron chi connectivity index (χ0n) is 15.2. The van der Waals surface area contributed by atoms with Crippen LogP contribution in [0.2, 0.25) is 0 Å². The third-order valence-electron chi connectivity index (χ3n) is 4.18. The largest absolute Gasteiger partial charge is 1.00 e. The maximum absolute atomic E-state index is 3.89. The zero-order valence-corrected chi connectivity index (χ0v) is 15.9. The lowest BCUT2D eigenvalue weighted by atomic mass is 9.89. The van der Waals surface area contributed by atoms with Gasteiger partial charge >= 0.3 is 0 Å². The number of hydrogen-bond acceptors (Lipinski definition) is 0. The first kappa shape index (κ1) is 23.5. The maximum Gasteiger partial charge on any atom is 0.0739 e. The molecule has 0 aliphatic carbocycles. The van der Waals surface area contributed by atoms with Gasteiger partial charge in [-0.25, -0.2) is 0 Å². The van der Waals surface area contributed by atoms with Crippen LogP contribution in [0.25, 0.3) is 0 Å².